The number of carbonyl (C=O) groups is 1. The fourth-order valence-corrected chi connectivity index (χ4v) is 5.41. The van der Waals surface area contributed by atoms with Gasteiger partial charge in [0.25, 0.3) is 5.91 Å². The van der Waals surface area contributed by atoms with Gasteiger partial charge in [0.1, 0.15) is 17.3 Å². The number of nitrogens with zero attached hydrogens (tertiary/aromatic N) is 1. The van der Waals surface area contributed by atoms with Gasteiger partial charge in [0.05, 0.1) is 13.7 Å². The molecule has 1 heterocycles. The highest BCUT2D eigenvalue weighted by Gasteiger charge is 2.53. The zero-order chi connectivity index (χ0) is 31.6. The third-order valence-electron chi connectivity index (χ3n) is 7.49. The maximum Gasteiger partial charge on any atom is 0.266 e. The highest BCUT2D eigenvalue weighted by molar-refractivity contribution is 9.10. The van der Waals surface area contributed by atoms with E-state index < -0.39 is 17.6 Å². The molecule has 0 unspecified atom stereocenters. The summed E-state index contributed by atoms with van der Waals surface area (Å²) in [4.78, 5) is 19.3. The summed E-state index contributed by atoms with van der Waals surface area (Å²) in [6, 6.07) is 29.0. The second kappa shape index (κ2) is 15.2. The van der Waals surface area contributed by atoms with Crippen molar-refractivity contribution in [2.75, 3.05) is 26.9 Å². The summed E-state index contributed by atoms with van der Waals surface area (Å²) in [5.41, 5.74) is 7.23. The first-order valence-electron chi connectivity index (χ1n) is 14.7. The fourth-order valence-electron chi connectivity index (χ4n) is 5.15. The van der Waals surface area contributed by atoms with Gasteiger partial charge in [0, 0.05) is 36.0 Å². The Bertz CT molecular complexity index is 1620. The number of ether oxygens (including phenoxy) is 3. The molecule has 1 aliphatic rings. The maximum atomic E-state index is 14.3. The molecule has 4 aromatic rings. The van der Waals surface area contributed by atoms with Gasteiger partial charge >= 0.3 is 0 Å². The minimum absolute atomic E-state index is 0.0505. The topological polar surface area (TPSA) is 101 Å². The molecule has 4 aromatic carbocycles. The molecule has 2 atom stereocenters. The molecule has 45 heavy (non-hydrogen) atoms. The highest BCUT2D eigenvalue weighted by atomic mass is 79.9. The molecule has 3 N–H and O–H groups in total. The summed E-state index contributed by atoms with van der Waals surface area (Å²) < 4.78 is 32.8. The van der Waals surface area contributed by atoms with Gasteiger partial charge in [-0.05, 0) is 77.7 Å². The van der Waals surface area contributed by atoms with Crippen molar-refractivity contribution in [2.45, 2.75) is 30.9 Å². The molecule has 0 saturated heterocycles. The standard InChI is InChI=1S/C35H35BrFN3O5/c1-43-30-8-4-7-27(22-30)32-35(23-24-10-14-28(36)15-11-24,34(42)40-38-19-18-25-6-2-3-9-31(25)37)39-33(45-32)26-12-16-29(17-13-26)44-21-5-20-41/h2-4,6-17,22,32,38,41H,5,18-21,23H2,1H3,(H,40,42)/t32-,35-/m0/s1. The van der Waals surface area contributed by atoms with E-state index in [9.17, 15) is 9.18 Å². The van der Waals surface area contributed by atoms with Crippen LogP contribution in [-0.2, 0) is 22.4 Å². The summed E-state index contributed by atoms with van der Waals surface area (Å²) in [5, 5.41) is 9.05. The van der Waals surface area contributed by atoms with E-state index >= 15 is 0 Å². The molecular formula is C35H35BrFN3O5. The normalized spacial score (nSPS) is 17.3. The number of benzene rings is 4. The molecular weight excluding hydrogens is 641 g/mol. The van der Waals surface area contributed by atoms with E-state index in [0.29, 0.717) is 54.5 Å². The summed E-state index contributed by atoms with van der Waals surface area (Å²) in [5.74, 6) is 0.885. The molecule has 0 aliphatic carbocycles. The number of amides is 1. The summed E-state index contributed by atoms with van der Waals surface area (Å²) >= 11 is 3.49. The number of rotatable bonds is 14. The van der Waals surface area contributed by atoms with E-state index in [1.54, 1.807) is 37.4 Å². The molecule has 234 valence electrons. The largest absolute Gasteiger partial charge is 0.497 e. The first-order chi connectivity index (χ1) is 21.9. The number of aliphatic hydroxyl groups is 1. The van der Waals surface area contributed by atoms with Crippen LogP contribution in [0.1, 0.15) is 34.8 Å². The van der Waals surface area contributed by atoms with Crippen molar-refractivity contribution < 1.29 is 28.5 Å². The Hall–Kier alpha value is -4.25. The number of nitrogens with one attached hydrogen (secondary N) is 2. The minimum Gasteiger partial charge on any atom is -0.497 e. The SMILES string of the molecule is COc1cccc([C@@H]2OC(c3ccc(OCCCO)cc3)=N[C@]2(Cc2ccc(Br)cc2)C(=O)NNCCc2ccccc2F)c1. The monoisotopic (exact) mass is 675 g/mol. The Morgan fingerprint density at radius 2 is 1.80 bits per heavy atom. The number of aliphatic hydroxyl groups excluding tert-OH is 1. The summed E-state index contributed by atoms with van der Waals surface area (Å²) in [6.45, 7) is 0.751. The number of methoxy groups -OCH3 is 1. The smallest absolute Gasteiger partial charge is 0.266 e. The third-order valence-corrected chi connectivity index (χ3v) is 8.02. The van der Waals surface area contributed by atoms with Gasteiger partial charge < -0.3 is 19.3 Å². The molecule has 1 amide bonds. The lowest BCUT2D eigenvalue weighted by Crippen LogP contribution is -2.54. The van der Waals surface area contributed by atoms with Gasteiger partial charge in [-0.25, -0.2) is 14.8 Å². The number of carbonyl (C=O) groups excluding carboxylic acids is 1. The van der Waals surface area contributed by atoms with Crippen molar-refractivity contribution in [1.82, 2.24) is 10.9 Å². The van der Waals surface area contributed by atoms with Crippen LogP contribution in [0.15, 0.2) is 107 Å². The molecule has 5 rings (SSSR count). The van der Waals surface area contributed by atoms with Crippen LogP contribution in [0.2, 0.25) is 0 Å². The van der Waals surface area contributed by atoms with Crippen LogP contribution in [0.4, 0.5) is 4.39 Å². The van der Waals surface area contributed by atoms with Crippen molar-refractivity contribution in [2.24, 2.45) is 4.99 Å². The predicted octanol–water partition coefficient (Wildman–Crippen LogP) is 5.72. The van der Waals surface area contributed by atoms with Crippen molar-refractivity contribution >= 4 is 27.7 Å². The molecule has 0 bridgehead atoms. The Morgan fingerprint density at radius 1 is 1.02 bits per heavy atom. The zero-order valence-corrected chi connectivity index (χ0v) is 26.4. The van der Waals surface area contributed by atoms with E-state index in [4.69, 9.17) is 24.3 Å². The average Bonchev–Trinajstić information content (AvgIpc) is 3.45. The lowest BCUT2D eigenvalue weighted by atomic mass is 9.82. The number of hydrogen-bond acceptors (Lipinski definition) is 7. The van der Waals surface area contributed by atoms with E-state index in [-0.39, 0.29) is 18.8 Å². The molecule has 1 aliphatic heterocycles. The zero-order valence-electron chi connectivity index (χ0n) is 24.8. The second-order valence-corrected chi connectivity index (χ2v) is 11.5. The van der Waals surface area contributed by atoms with Crippen LogP contribution in [-0.4, -0.2) is 49.3 Å². The first kappa shape index (κ1) is 32.2. The van der Waals surface area contributed by atoms with Crippen LogP contribution in [0.3, 0.4) is 0 Å². The van der Waals surface area contributed by atoms with Crippen LogP contribution in [0.25, 0.3) is 0 Å². The summed E-state index contributed by atoms with van der Waals surface area (Å²) in [6.07, 6.45) is 0.334. The Morgan fingerprint density at radius 3 is 2.53 bits per heavy atom. The Balaban J connectivity index is 1.49. The minimum atomic E-state index is -1.42. The second-order valence-electron chi connectivity index (χ2n) is 10.6. The van der Waals surface area contributed by atoms with Crippen LogP contribution >= 0.6 is 15.9 Å². The van der Waals surface area contributed by atoms with Gasteiger partial charge in [-0.1, -0.05) is 58.4 Å². The van der Waals surface area contributed by atoms with Crippen molar-refractivity contribution in [3.63, 3.8) is 0 Å². The van der Waals surface area contributed by atoms with Gasteiger partial charge in [-0.3, -0.25) is 10.2 Å². The summed E-state index contributed by atoms with van der Waals surface area (Å²) in [7, 11) is 1.59. The van der Waals surface area contributed by atoms with Gasteiger partial charge in [-0.2, -0.15) is 0 Å². The maximum absolute atomic E-state index is 14.3. The van der Waals surface area contributed by atoms with E-state index in [2.05, 4.69) is 26.8 Å². The van der Waals surface area contributed by atoms with Crippen molar-refractivity contribution in [1.29, 1.82) is 0 Å². The Kier molecular flexibility index (Phi) is 10.8. The molecule has 0 saturated carbocycles. The molecule has 10 heteroatoms. The van der Waals surface area contributed by atoms with Gasteiger partial charge in [0.2, 0.25) is 5.90 Å². The predicted molar refractivity (Wildman–Crippen MR) is 174 cm³/mol. The van der Waals surface area contributed by atoms with Crippen molar-refractivity contribution in [3.05, 3.63) is 130 Å². The molecule has 0 fully saturated rings. The third kappa shape index (κ3) is 7.89. The average molecular weight is 677 g/mol. The van der Waals surface area contributed by atoms with E-state index in [1.165, 1.54) is 6.07 Å². The van der Waals surface area contributed by atoms with Crippen LogP contribution in [0.5, 0.6) is 11.5 Å². The quantitative estimate of drug-likeness (QED) is 0.117. The lowest BCUT2D eigenvalue weighted by molar-refractivity contribution is -0.130. The lowest BCUT2D eigenvalue weighted by Gasteiger charge is -2.31. The fraction of sp³-hybridized carbons (Fsp3) is 0.257. The number of hydrazine groups is 1. The number of hydrogen-bond donors (Lipinski definition) is 3. The number of halogens is 2. The van der Waals surface area contributed by atoms with Gasteiger partial charge in [-0.15, -0.1) is 0 Å². The van der Waals surface area contributed by atoms with Crippen LogP contribution in [0, 0.1) is 5.82 Å². The molecule has 0 spiro atoms. The molecule has 0 radical (unpaired) electrons. The van der Waals surface area contributed by atoms with Gasteiger partial charge in [0.15, 0.2) is 11.6 Å². The number of aliphatic imine (C=N–C) groups is 1. The van der Waals surface area contributed by atoms with E-state index in [0.717, 1.165) is 15.6 Å². The van der Waals surface area contributed by atoms with E-state index in [1.807, 2.05) is 60.7 Å². The Labute approximate surface area is 270 Å². The van der Waals surface area contributed by atoms with Crippen molar-refractivity contribution in [3.8, 4) is 11.5 Å². The molecule has 8 nitrogen and oxygen atoms in total. The molecule has 0 aromatic heterocycles. The first-order valence-corrected chi connectivity index (χ1v) is 15.5. The highest BCUT2D eigenvalue weighted by Crippen LogP contribution is 2.43. The van der Waals surface area contributed by atoms with Crippen LogP contribution < -0.4 is 20.3 Å².